The van der Waals surface area contributed by atoms with Crippen molar-refractivity contribution in [2.45, 2.75) is 50.2 Å². The Hall–Kier alpha value is -0.130. The van der Waals surface area contributed by atoms with Crippen LogP contribution in [0.1, 0.15) is 44.9 Å². The van der Waals surface area contributed by atoms with E-state index in [0.29, 0.717) is 25.6 Å². The second-order valence-corrected chi connectivity index (χ2v) is 7.60. The summed E-state index contributed by atoms with van der Waals surface area (Å²) in [7, 11) is -3.02. The summed E-state index contributed by atoms with van der Waals surface area (Å²) in [4.78, 5) is 0. The lowest BCUT2D eigenvalue weighted by molar-refractivity contribution is 0.273. The first-order valence-electron chi connectivity index (χ1n) is 6.83. The van der Waals surface area contributed by atoms with Crippen LogP contribution < -0.4 is 5.73 Å². The van der Waals surface area contributed by atoms with Gasteiger partial charge >= 0.3 is 0 Å². The maximum atomic E-state index is 12.4. The van der Waals surface area contributed by atoms with Crippen molar-refractivity contribution in [3.63, 3.8) is 0 Å². The third kappa shape index (κ3) is 3.01. The van der Waals surface area contributed by atoms with Gasteiger partial charge in [-0.05, 0) is 38.1 Å². The van der Waals surface area contributed by atoms with E-state index in [1.807, 2.05) is 0 Å². The van der Waals surface area contributed by atoms with Crippen LogP contribution in [-0.2, 0) is 10.0 Å². The highest BCUT2D eigenvalue weighted by atomic mass is 32.2. The predicted octanol–water partition coefficient (Wildman–Crippen LogP) is 1.32. The third-order valence-electron chi connectivity index (χ3n) is 4.24. The minimum atomic E-state index is -3.02. The van der Waals surface area contributed by atoms with Gasteiger partial charge < -0.3 is 5.73 Å². The molecule has 0 aromatic carbocycles. The summed E-state index contributed by atoms with van der Waals surface area (Å²) in [5.41, 5.74) is 5.63. The molecule has 1 saturated carbocycles. The summed E-state index contributed by atoms with van der Waals surface area (Å²) >= 11 is 0. The summed E-state index contributed by atoms with van der Waals surface area (Å²) in [5.74, 6) is 0.521. The van der Waals surface area contributed by atoms with Gasteiger partial charge in [-0.25, -0.2) is 12.7 Å². The molecular weight excluding hydrogens is 236 g/mol. The molecule has 0 aromatic heterocycles. The molecule has 2 N–H and O–H groups in total. The molecule has 0 aromatic rings. The van der Waals surface area contributed by atoms with Gasteiger partial charge in [0.05, 0.1) is 5.25 Å². The molecule has 1 aliphatic heterocycles. The minimum Gasteiger partial charge on any atom is -0.330 e. The maximum absolute atomic E-state index is 12.4. The fourth-order valence-electron chi connectivity index (χ4n) is 2.97. The standard InChI is InChI=1S/C12H24N2O2S/c13-10-11-6-8-14(9-7-11)17(15,16)12-4-2-1-3-5-12/h11-12H,1-10,13H2. The van der Waals surface area contributed by atoms with Gasteiger partial charge in [-0.2, -0.15) is 0 Å². The van der Waals surface area contributed by atoms with Crippen molar-refractivity contribution in [3.8, 4) is 0 Å². The number of nitrogens with two attached hydrogens (primary N) is 1. The molecule has 100 valence electrons. The second-order valence-electron chi connectivity index (χ2n) is 5.38. The Balaban J connectivity index is 1.96. The van der Waals surface area contributed by atoms with E-state index in [4.69, 9.17) is 5.73 Å². The Labute approximate surface area is 105 Å². The maximum Gasteiger partial charge on any atom is 0.216 e. The third-order valence-corrected chi connectivity index (χ3v) is 6.64. The Kier molecular flexibility index (Phi) is 4.44. The summed E-state index contributed by atoms with van der Waals surface area (Å²) in [5, 5.41) is -0.106. The molecule has 0 unspecified atom stereocenters. The van der Waals surface area contributed by atoms with Gasteiger partial charge in [0.2, 0.25) is 10.0 Å². The van der Waals surface area contributed by atoms with Gasteiger partial charge in [-0.1, -0.05) is 19.3 Å². The van der Waals surface area contributed by atoms with Crippen LogP contribution in [-0.4, -0.2) is 37.6 Å². The largest absolute Gasteiger partial charge is 0.330 e. The quantitative estimate of drug-likeness (QED) is 0.832. The van der Waals surface area contributed by atoms with Crippen molar-refractivity contribution in [2.24, 2.45) is 11.7 Å². The first-order valence-corrected chi connectivity index (χ1v) is 8.34. The Morgan fingerprint density at radius 2 is 1.59 bits per heavy atom. The van der Waals surface area contributed by atoms with Gasteiger partial charge in [-0.3, -0.25) is 0 Å². The normalized spacial score (nSPS) is 26.2. The van der Waals surface area contributed by atoms with Gasteiger partial charge in [-0.15, -0.1) is 0 Å². The van der Waals surface area contributed by atoms with E-state index in [1.54, 1.807) is 4.31 Å². The van der Waals surface area contributed by atoms with Gasteiger partial charge in [0.1, 0.15) is 0 Å². The van der Waals surface area contributed by atoms with Crippen molar-refractivity contribution >= 4 is 10.0 Å². The molecular formula is C12H24N2O2S. The first-order chi connectivity index (χ1) is 8.14. The SMILES string of the molecule is NCC1CCN(S(=O)(=O)C2CCCCC2)CC1. The smallest absolute Gasteiger partial charge is 0.216 e. The number of hydrogen-bond donors (Lipinski definition) is 1. The lowest BCUT2D eigenvalue weighted by Gasteiger charge is -2.34. The molecule has 17 heavy (non-hydrogen) atoms. The molecule has 0 bridgehead atoms. The molecule has 0 amide bonds. The van der Waals surface area contributed by atoms with Gasteiger partial charge in [0.15, 0.2) is 0 Å². The summed E-state index contributed by atoms with van der Waals surface area (Å²) in [6.07, 6.45) is 6.93. The zero-order valence-electron chi connectivity index (χ0n) is 10.5. The average Bonchev–Trinajstić information content (AvgIpc) is 2.40. The Morgan fingerprint density at radius 3 is 2.12 bits per heavy atom. The molecule has 1 aliphatic carbocycles. The Bertz CT molecular complexity index is 328. The fraction of sp³-hybridized carbons (Fsp3) is 1.00. The van der Waals surface area contributed by atoms with Crippen LogP contribution in [0.3, 0.4) is 0 Å². The monoisotopic (exact) mass is 260 g/mol. The zero-order chi connectivity index (χ0) is 12.3. The highest BCUT2D eigenvalue weighted by molar-refractivity contribution is 7.89. The number of sulfonamides is 1. The zero-order valence-corrected chi connectivity index (χ0v) is 11.3. The van der Waals surface area contributed by atoms with Gasteiger partial charge in [0.25, 0.3) is 0 Å². The van der Waals surface area contributed by atoms with Crippen LogP contribution in [0.2, 0.25) is 0 Å². The van der Waals surface area contributed by atoms with E-state index >= 15 is 0 Å². The topological polar surface area (TPSA) is 63.4 Å². The van der Waals surface area contributed by atoms with Crippen LogP contribution in [0.5, 0.6) is 0 Å². The van der Waals surface area contributed by atoms with Crippen molar-refractivity contribution in [2.75, 3.05) is 19.6 Å². The van der Waals surface area contributed by atoms with E-state index in [9.17, 15) is 8.42 Å². The molecule has 0 spiro atoms. The van der Waals surface area contributed by atoms with Crippen LogP contribution in [0.25, 0.3) is 0 Å². The van der Waals surface area contributed by atoms with Crippen molar-refractivity contribution in [1.29, 1.82) is 0 Å². The molecule has 2 rings (SSSR count). The highest BCUT2D eigenvalue weighted by Gasteiger charge is 2.34. The average molecular weight is 260 g/mol. The summed E-state index contributed by atoms with van der Waals surface area (Å²) in [6.45, 7) is 2.05. The lowest BCUT2D eigenvalue weighted by Crippen LogP contribution is -2.44. The highest BCUT2D eigenvalue weighted by Crippen LogP contribution is 2.28. The van der Waals surface area contributed by atoms with Crippen LogP contribution in [0, 0.1) is 5.92 Å². The minimum absolute atomic E-state index is 0.106. The molecule has 1 saturated heterocycles. The lowest BCUT2D eigenvalue weighted by atomic mass is 9.99. The van der Waals surface area contributed by atoms with Crippen LogP contribution in [0.4, 0.5) is 0 Å². The van der Waals surface area contributed by atoms with E-state index in [2.05, 4.69) is 0 Å². The first kappa shape index (κ1) is 13.3. The molecule has 0 radical (unpaired) electrons. The van der Waals surface area contributed by atoms with E-state index in [0.717, 1.165) is 38.5 Å². The summed E-state index contributed by atoms with van der Waals surface area (Å²) in [6, 6.07) is 0. The van der Waals surface area contributed by atoms with Crippen LogP contribution in [0.15, 0.2) is 0 Å². The van der Waals surface area contributed by atoms with Crippen molar-refractivity contribution in [3.05, 3.63) is 0 Å². The molecule has 5 heteroatoms. The summed E-state index contributed by atoms with van der Waals surface area (Å²) < 4.78 is 26.6. The predicted molar refractivity (Wildman–Crippen MR) is 69.1 cm³/mol. The molecule has 4 nitrogen and oxygen atoms in total. The van der Waals surface area contributed by atoms with Crippen molar-refractivity contribution in [1.82, 2.24) is 4.31 Å². The van der Waals surface area contributed by atoms with E-state index in [-0.39, 0.29) is 5.25 Å². The number of piperidine rings is 1. The van der Waals surface area contributed by atoms with Crippen LogP contribution >= 0.6 is 0 Å². The van der Waals surface area contributed by atoms with E-state index < -0.39 is 10.0 Å². The number of hydrogen-bond acceptors (Lipinski definition) is 3. The molecule has 0 atom stereocenters. The van der Waals surface area contributed by atoms with E-state index in [1.165, 1.54) is 6.42 Å². The second kappa shape index (κ2) is 5.67. The number of nitrogens with zero attached hydrogens (tertiary/aromatic N) is 1. The molecule has 1 heterocycles. The fourth-order valence-corrected chi connectivity index (χ4v) is 5.04. The Morgan fingerprint density at radius 1 is 1.00 bits per heavy atom. The van der Waals surface area contributed by atoms with Gasteiger partial charge in [0, 0.05) is 13.1 Å². The molecule has 2 aliphatic rings. The molecule has 2 fully saturated rings. The van der Waals surface area contributed by atoms with Crippen molar-refractivity contribution < 1.29 is 8.42 Å². The number of rotatable bonds is 3.